The van der Waals surface area contributed by atoms with Crippen molar-refractivity contribution < 1.29 is 5.11 Å². The summed E-state index contributed by atoms with van der Waals surface area (Å²) in [7, 11) is 0. The van der Waals surface area contributed by atoms with Crippen molar-refractivity contribution in [2.24, 2.45) is 22.7 Å². The first-order valence-electron chi connectivity index (χ1n) is 6.32. The van der Waals surface area contributed by atoms with Crippen molar-refractivity contribution >= 4 is 0 Å². The third-order valence-electron chi connectivity index (χ3n) is 6.11. The quantitative estimate of drug-likeness (QED) is 0.604. The molecule has 0 bridgehead atoms. The Labute approximate surface area is 92.6 Å². The number of fused-ring (bicyclic) bond motifs is 3. The van der Waals surface area contributed by atoms with Crippen molar-refractivity contribution in [2.45, 2.75) is 52.1 Å². The maximum atomic E-state index is 10.2. The zero-order chi connectivity index (χ0) is 10.8. The van der Waals surface area contributed by atoms with E-state index in [-0.39, 0.29) is 11.5 Å². The van der Waals surface area contributed by atoms with Gasteiger partial charge in [-0.1, -0.05) is 26.0 Å². The van der Waals surface area contributed by atoms with Gasteiger partial charge in [-0.2, -0.15) is 0 Å². The first-order valence-corrected chi connectivity index (χ1v) is 6.32. The first kappa shape index (κ1) is 9.89. The molecule has 0 spiro atoms. The van der Waals surface area contributed by atoms with Crippen LogP contribution in [0.25, 0.3) is 0 Å². The van der Waals surface area contributed by atoms with Gasteiger partial charge in [0.15, 0.2) is 0 Å². The van der Waals surface area contributed by atoms with E-state index in [1.54, 1.807) is 0 Å². The van der Waals surface area contributed by atoms with Gasteiger partial charge in [-0.25, -0.2) is 0 Å². The molecular formula is C14H22O. The van der Waals surface area contributed by atoms with Crippen LogP contribution in [0, 0.1) is 22.7 Å². The van der Waals surface area contributed by atoms with Crippen LogP contribution >= 0.6 is 0 Å². The van der Waals surface area contributed by atoms with E-state index in [4.69, 9.17) is 0 Å². The van der Waals surface area contributed by atoms with Gasteiger partial charge in [0.2, 0.25) is 0 Å². The largest absolute Gasteiger partial charge is 0.393 e. The molecular weight excluding hydrogens is 184 g/mol. The van der Waals surface area contributed by atoms with Crippen molar-refractivity contribution in [3.05, 3.63) is 12.2 Å². The Kier molecular flexibility index (Phi) is 1.77. The Bertz CT molecular complexity index is 321. The molecule has 84 valence electrons. The van der Waals surface area contributed by atoms with Crippen LogP contribution in [-0.4, -0.2) is 11.2 Å². The molecule has 3 fully saturated rings. The first-order chi connectivity index (χ1) is 6.97. The van der Waals surface area contributed by atoms with Gasteiger partial charge >= 0.3 is 0 Å². The smallest absolute Gasteiger partial charge is 0.0599 e. The molecule has 5 atom stereocenters. The van der Waals surface area contributed by atoms with Crippen LogP contribution in [0.2, 0.25) is 0 Å². The second-order valence-electron chi connectivity index (χ2n) is 6.62. The Morgan fingerprint density at radius 1 is 1.27 bits per heavy atom. The van der Waals surface area contributed by atoms with Crippen molar-refractivity contribution in [1.29, 1.82) is 0 Å². The lowest BCUT2D eigenvalue weighted by molar-refractivity contribution is 0.00509. The van der Waals surface area contributed by atoms with Gasteiger partial charge in [0.05, 0.1) is 6.10 Å². The lowest BCUT2D eigenvalue weighted by atomic mass is 9.65. The second kappa shape index (κ2) is 2.68. The minimum atomic E-state index is -0.0543. The highest BCUT2D eigenvalue weighted by Crippen LogP contribution is 2.70. The fraction of sp³-hybridized carbons (Fsp3) is 0.857. The molecule has 0 saturated heterocycles. The van der Waals surface area contributed by atoms with Gasteiger partial charge in [-0.15, -0.1) is 0 Å². The molecule has 0 aliphatic heterocycles. The minimum absolute atomic E-state index is 0.0543. The summed E-state index contributed by atoms with van der Waals surface area (Å²) in [6.07, 6.45) is 5.86. The van der Waals surface area contributed by atoms with Crippen molar-refractivity contribution in [3.8, 4) is 0 Å². The van der Waals surface area contributed by atoms with Crippen molar-refractivity contribution in [1.82, 2.24) is 0 Å². The fourth-order valence-electron chi connectivity index (χ4n) is 4.98. The zero-order valence-electron chi connectivity index (χ0n) is 9.92. The van der Waals surface area contributed by atoms with Gasteiger partial charge in [0.1, 0.15) is 0 Å². The fourth-order valence-corrected chi connectivity index (χ4v) is 4.98. The lowest BCUT2D eigenvalue weighted by Crippen LogP contribution is -2.37. The van der Waals surface area contributed by atoms with Gasteiger partial charge < -0.3 is 5.11 Å². The normalized spacial score (nSPS) is 58.3. The summed E-state index contributed by atoms with van der Waals surface area (Å²) in [4.78, 5) is 0. The average Bonchev–Trinajstić information content (AvgIpc) is 2.68. The topological polar surface area (TPSA) is 20.2 Å². The summed E-state index contributed by atoms with van der Waals surface area (Å²) in [5, 5.41) is 10.2. The van der Waals surface area contributed by atoms with E-state index >= 15 is 0 Å². The molecule has 0 heterocycles. The van der Waals surface area contributed by atoms with E-state index in [2.05, 4.69) is 20.4 Å². The summed E-state index contributed by atoms with van der Waals surface area (Å²) < 4.78 is 0. The van der Waals surface area contributed by atoms with E-state index in [0.29, 0.717) is 5.41 Å². The van der Waals surface area contributed by atoms with Crippen LogP contribution < -0.4 is 0 Å². The molecule has 3 aliphatic rings. The Balaban J connectivity index is 2.00. The van der Waals surface area contributed by atoms with E-state index in [0.717, 1.165) is 18.3 Å². The number of rotatable bonds is 0. The Hall–Kier alpha value is -0.300. The number of hydrogen-bond acceptors (Lipinski definition) is 1. The maximum Gasteiger partial charge on any atom is 0.0599 e. The maximum absolute atomic E-state index is 10.2. The molecule has 3 aliphatic carbocycles. The van der Waals surface area contributed by atoms with Gasteiger partial charge in [-0.3, -0.25) is 0 Å². The summed E-state index contributed by atoms with van der Waals surface area (Å²) in [5.74, 6) is 1.63. The third-order valence-corrected chi connectivity index (χ3v) is 6.11. The molecule has 1 heteroatoms. The van der Waals surface area contributed by atoms with E-state index in [9.17, 15) is 5.11 Å². The Morgan fingerprint density at radius 2 is 2.00 bits per heavy atom. The molecule has 0 aromatic carbocycles. The highest BCUT2D eigenvalue weighted by Gasteiger charge is 2.65. The molecule has 1 nitrogen and oxygen atoms in total. The molecule has 0 amide bonds. The zero-order valence-corrected chi connectivity index (χ0v) is 9.92. The second-order valence-corrected chi connectivity index (χ2v) is 6.62. The predicted octanol–water partition coefficient (Wildman–Crippen LogP) is 3.14. The molecule has 0 radical (unpaired) electrons. The predicted molar refractivity (Wildman–Crippen MR) is 61.4 cm³/mol. The van der Waals surface area contributed by atoms with Crippen molar-refractivity contribution in [3.63, 3.8) is 0 Å². The Morgan fingerprint density at radius 3 is 2.73 bits per heavy atom. The number of hydrogen-bond donors (Lipinski definition) is 1. The molecule has 0 aromatic rings. The summed E-state index contributed by atoms with van der Waals surface area (Å²) in [6, 6.07) is 0. The molecule has 3 saturated carbocycles. The lowest BCUT2D eigenvalue weighted by Gasteiger charge is -2.40. The van der Waals surface area contributed by atoms with Crippen molar-refractivity contribution in [2.75, 3.05) is 0 Å². The summed E-state index contributed by atoms with van der Waals surface area (Å²) >= 11 is 0. The standard InChI is InChI=1S/C14H22O/c1-9-6-10-8-14(3)12(15)4-5-13(14,2)11(10)7-9/h10-12,15H,1,4-8H2,2-3H3/t10-,11-,12-,13-,14-/m1/s1. The molecule has 0 aromatic heterocycles. The van der Waals surface area contributed by atoms with Gasteiger partial charge in [-0.05, 0) is 54.8 Å². The highest BCUT2D eigenvalue weighted by molar-refractivity contribution is 5.20. The van der Waals surface area contributed by atoms with E-state index < -0.39 is 0 Å². The van der Waals surface area contributed by atoms with Crippen LogP contribution in [-0.2, 0) is 0 Å². The van der Waals surface area contributed by atoms with Gasteiger partial charge in [0.25, 0.3) is 0 Å². The van der Waals surface area contributed by atoms with Gasteiger partial charge in [0, 0.05) is 0 Å². The van der Waals surface area contributed by atoms with Crippen LogP contribution in [0.15, 0.2) is 12.2 Å². The number of aliphatic hydroxyl groups is 1. The molecule has 1 N–H and O–H groups in total. The number of aliphatic hydroxyl groups excluding tert-OH is 1. The molecule has 15 heavy (non-hydrogen) atoms. The monoisotopic (exact) mass is 206 g/mol. The van der Waals surface area contributed by atoms with Crippen LogP contribution in [0.3, 0.4) is 0 Å². The number of allylic oxidation sites excluding steroid dienone is 1. The molecule has 3 rings (SSSR count). The van der Waals surface area contributed by atoms with Crippen LogP contribution in [0.5, 0.6) is 0 Å². The summed E-state index contributed by atoms with van der Waals surface area (Å²) in [5.41, 5.74) is 2.04. The van der Waals surface area contributed by atoms with E-state index in [1.165, 1.54) is 31.3 Å². The minimum Gasteiger partial charge on any atom is -0.393 e. The SMILES string of the molecule is C=C1C[C@@H]2C[C@]3(C)[C@H](O)CC[C@]3(C)[C@@H]2C1. The highest BCUT2D eigenvalue weighted by atomic mass is 16.3. The van der Waals surface area contributed by atoms with Crippen LogP contribution in [0.1, 0.15) is 46.0 Å². The third kappa shape index (κ3) is 0.982. The molecule has 0 unspecified atom stereocenters. The van der Waals surface area contributed by atoms with E-state index in [1.807, 2.05) is 0 Å². The average molecular weight is 206 g/mol. The summed E-state index contributed by atoms with van der Waals surface area (Å²) in [6.45, 7) is 8.91. The van der Waals surface area contributed by atoms with Crippen LogP contribution in [0.4, 0.5) is 0 Å².